The van der Waals surface area contributed by atoms with Gasteiger partial charge in [0.1, 0.15) is 0 Å². The Bertz CT molecular complexity index is 585. The molecule has 2 fully saturated rings. The Labute approximate surface area is 114 Å². The molecule has 0 aliphatic carbocycles. The van der Waals surface area contributed by atoms with Gasteiger partial charge in [-0.2, -0.15) is 4.31 Å². The number of rotatable bonds is 2. The van der Waals surface area contributed by atoms with Crippen molar-refractivity contribution in [3.8, 4) is 0 Å². The number of benzene rings is 1. The van der Waals surface area contributed by atoms with Crippen LogP contribution in [-0.4, -0.2) is 38.9 Å². The van der Waals surface area contributed by atoms with Gasteiger partial charge in [-0.05, 0) is 56.0 Å². The molecule has 2 saturated heterocycles. The van der Waals surface area contributed by atoms with Gasteiger partial charge in [-0.1, -0.05) is 12.1 Å². The molecule has 1 aromatic carbocycles. The summed E-state index contributed by atoms with van der Waals surface area (Å²) in [6.07, 6.45) is 0. The van der Waals surface area contributed by atoms with Crippen molar-refractivity contribution in [2.24, 2.45) is 11.8 Å². The SMILES string of the molecule is Cc1ccc(C)c(S(=O)(=O)N2C[C@H]3CNC[C@H]3C2)c1. The first-order valence-electron chi connectivity index (χ1n) is 6.76. The van der Waals surface area contributed by atoms with E-state index in [1.807, 2.05) is 26.0 Å². The van der Waals surface area contributed by atoms with Crippen LogP contribution in [0.2, 0.25) is 0 Å². The Morgan fingerprint density at radius 2 is 1.79 bits per heavy atom. The predicted molar refractivity (Wildman–Crippen MR) is 74.5 cm³/mol. The highest BCUT2D eigenvalue weighted by Crippen LogP contribution is 2.31. The van der Waals surface area contributed by atoms with Gasteiger partial charge in [-0.15, -0.1) is 0 Å². The smallest absolute Gasteiger partial charge is 0.243 e. The summed E-state index contributed by atoms with van der Waals surface area (Å²) in [6.45, 7) is 7.01. The van der Waals surface area contributed by atoms with E-state index >= 15 is 0 Å². The highest BCUT2D eigenvalue weighted by atomic mass is 32.2. The molecule has 3 rings (SSSR count). The lowest BCUT2D eigenvalue weighted by Gasteiger charge is -2.19. The van der Waals surface area contributed by atoms with E-state index in [1.54, 1.807) is 10.4 Å². The van der Waals surface area contributed by atoms with Gasteiger partial charge in [-0.25, -0.2) is 8.42 Å². The van der Waals surface area contributed by atoms with Crippen molar-refractivity contribution in [1.29, 1.82) is 0 Å². The van der Waals surface area contributed by atoms with E-state index in [0.29, 0.717) is 29.8 Å². The normalized spacial score (nSPS) is 27.7. The Hall–Kier alpha value is -0.910. The molecular weight excluding hydrogens is 260 g/mol. The molecule has 0 spiro atoms. The largest absolute Gasteiger partial charge is 0.316 e. The quantitative estimate of drug-likeness (QED) is 0.884. The summed E-state index contributed by atoms with van der Waals surface area (Å²) >= 11 is 0. The topological polar surface area (TPSA) is 49.4 Å². The van der Waals surface area contributed by atoms with Crippen LogP contribution in [0.1, 0.15) is 11.1 Å². The summed E-state index contributed by atoms with van der Waals surface area (Å²) in [7, 11) is -3.33. The second kappa shape index (κ2) is 4.58. The molecule has 0 aromatic heterocycles. The van der Waals surface area contributed by atoms with Crippen LogP contribution >= 0.6 is 0 Å². The number of nitrogens with zero attached hydrogens (tertiary/aromatic N) is 1. The van der Waals surface area contributed by atoms with Crippen LogP contribution in [0.5, 0.6) is 0 Å². The van der Waals surface area contributed by atoms with Crippen LogP contribution in [-0.2, 0) is 10.0 Å². The molecule has 0 bridgehead atoms. The first-order chi connectivity index (χ1) is 8.98. The van der Waals surface area contributed by atoms with E-state index in [1.165, 1.54) is 0 Å². The minimum Gasteiger partial charge on any atom is -0.316 e. The van der Waals surface area contributed by atoms with Crippen LogP contribution in [0.15, 0.2) is 23.1 Å². The number of aryl methyl sites for hydroxylation is 2. The lowest BCUT2D eigenvalue weighted by molar-refractivity contribution is 0.447. The van der Waals surface area contributed by atoms with Crippen LogP contribution in [0.4, 0.5) is 0 Å². The van der Waals surface area contributed by atoms with Crippen molar-refractivity contribution in [3.05, 3.63) is 29.3 Å². The Balaban J connectivity index is 1.93. The number of nitrogens with one attached hydrogen (secondary N) is 1. The highest BCUT2D eigenvalue weighted by Gasteiger charge is 2.41. The maximum atomic E-state index is 12.7. The van der Waals surface area contributed by atoms with Crippen LogP contribution in [0, 0.1) is 25.7 Å². The molecule has 0 saturated carbocycles. The van der Waals surface area contributed by atoms with Gasteiger partial charge < -0.3 is 5.32 Å². The molecule has 0 unspecified atom stereocenters. The first kappa shape index (κ1) is 13.1. The average Bonchev–Trinajstić information content (AvgIpc) is 2.92. The summed E-state index contributed by atoms with van der Waals surface area (Å²) < 4.78 is 27.2. The number of sulfonamides is 1. The fraction of sp³-hybridized carbons (Fsp3) is 0.571. The van der Waals surface area contributed by atoms with E-state index in [4.69, 9.17) is 0 Å². The summed E-state index contributed by atoms with van der Waals surface area (Å²) in [5.74, 6) is 0.972. The van der Waals surface area contributed by atoms with Crippen molar-refractivity contribution in [2.75, 3.05) is 26.2 Å². The molecule has 2 aliphatic heterocycles. The van der Waals surface area contributed by atoms with Gasteiger partial charge in [0.05, 0.1) is 4.90 Å². The third-order valence-corrected chi connectivity index (χ3v) is 6.29. The maximum Gasteiger partial charge on any atom is 0.243 e. The summed E-state index contributed by atoms with van der Waals surface area (Å²) in [6, 6.07) is 5.63. The van der Waals surface area contributed by atoms with Crippen LogP contribution in [0.25, 0.3) is 0 Å². The second-order valence-corrected chi connectivity index (χ2v) is 7.68. The molecule has 0 radical (unpaired) electrons. The van der Waals surface area contributed by atoms with Crippen molar-refractivity contribution in [1.82, 2.24) is 9.62 Å². The van der Waals surface area contributed by atoms with Crippen molar-refractivity contribution in [2.45, 2.75) is 18.7 Å². The molecule has 4 nitrogen and oxygen atoms in total. The lowest BCUT2D eigenvalue weighted by Crippen LogP contribution is -2.32. The predicted octanol–water partition coefficient (Wildman–Crippen LogP) is 1.14. The Kier molecular flexibility index (Phi) is 3.15. The van der Waals surface area contributed by atoms with E-state index in [2.05, 4.69) is 5.32 Å². The second-order valence-electron chi connectivity index (χ2n) is 5.77. The lowest BCUT2D eigenvalue weighted by atomic mass is 10.0. The monoisotopic (exact) mass is 280 g/mol. The van der Waals surface area contributed by atoms with Gasteiger partial charge in [0, 0.05) is 13.1 Å². The van der Waals surface area contributed by atoms with Gasteiger partial charge in [0.2, 0.25) is 10.0 Å². The average molecular weight is 280 g/mol. The molecule has 0 amide bonds. The molecule has 1 aromatic rings. The molecule has 104 valence electrons. The molecule has 19 heavy (non-hydrogen) atoms. The fourth-order valence-electron chi connectivity index (χ4n) is 3.13. The standard InChI is InChI=1S/C14H20N2O2S/c1-10-3-4-11(2)14(5-10)19(17,18)16-8-12-6-15-7-13(12)9-16/h3-5,12-13,15H,6-9H2,1-2H3/t12-,13+. The minimum atomic E-state index is -3.33. The zero-order valence-electron chi connectivity index (χ0n) is 11.4. The zero-order chi connectivity index (χ0) is 13.6. The molecule has 1 N–H and O–H groups in total. The van der Waals surface area contributed by atoms with Gasteiger partial charge in [-0.3, -0.25) is 0 Å². The summed E-state index contributed by atoms with van der Waals surface area (Å²) in [5, 5.41) is 3.34. The minimum absolute atomic E-state index is 0.473. The Morgan fingerprint density at radius 1 is 1.16 bits per heavy atom. The van der Waals surface area contributed by atoms with E-state index in [9.17, 15) is 8.42 Å². The summed E-state index contributed by atoms with van der Waals surface area (Å²) in [5.41, 5.74) is 1.83. The van der Waals surface area contributed by atoms with Gasteiger partial charge in [0.15, 0.2) is 0 Å². The summed E-state index contributed by atoms with van der Waals surface area (Å²) in [4.78, 5) is 0.473. The van der Waals surface area contributed by atoms with E-state index in [-0.39, 0.29) is 0 Å². The van der Waals surface area contributed by atoms with Crippen LogP contribution < -0.4 is 5.32 Å². The molecule has 2 atom stereocenters. The molecule has 2 heterocycles. The molecule has 5 heteroatoms. The van der Waals surface area contributed by atoms with E-state index in [0.717, 1.165) is 24.2 Å². The van der Waals surface area contributed by atoms with Gasteiger partial charge >= 0.3 is 0 Å². The highest BCUT2D eigenvalue weighted by molar-refractivity contribution is 7.89. The van der Waals surface area contributed by atoms with E-state index < -0.39 is 10.0 Å². The maximum absolute atomic E-state index is 12.7. The number of fused-ring (bicyclic) bond motifs is 1. The van der Waals surface area contributed by atoms with Gasteiger partial charge in [0.25, 0.3) is 0 Å². The molecule has 2 aliphatic rings. The Morgan fingerprint density at radius 3 is 2.42 bits per heavy atom. The van der Waals surface area contributed by atoms with Crippen molar-refractivity contribution in [3.63, 3.8) is 0 Å². The third kappa shape index (κ3) is 2.20. The number of hydrogen-bond donors (Lipinski definition) is 1. The van der Waals surface area contributed by atoms with Crippen molar-refractivity contribution >= 4 is 10.0 Å². The first-order valence-corrected chi connectivity index (χ1v) is 8.20. The number of hydrogen-bond acceptors (Lipinski definition) is 3. The van der Waals surface area contributed by atoms with Crippen LogP contribution in [0.3, 0.4) is 0 Å². The van der Waals surface area contributed by atoms with Crippen molar-refractivity contribution < 1.29 is 8.42 Å². The molecular formula is C14H20N2O2S. The fourth-order valence-corrected chi connectivity index (χ4v) is 5.00. The third-order valence-electron chi connectivity index (χ3n) is 4.32. The zero-order valence-corrected chi connectivity index (χ0v) is 12.2.